The van der Waals surface area contributed by atoms with Crippen molar-refractivity contribution in [3.05, 3.63) is 12.2 Å². The van der Waals surface area contributed by atoms with Crippen LogP contribution in [0.4, 0.5) is 0 Å². The summed E-state index contributed by atoms with van der Waals surface area (Å²) in [6.07, 6.45) is 4.89. The molecule has 11 nitrogen and oxygen atoms in total. The second kappa shape index (κ2) is 33.1. The Kier molecular flexibility index (Phi) is 32.1. The number of esters is 1. The van der Waals surface area contributed by atoms with Crippen LogP contribution in [-0.4, -0.2) is 132 Å². The molecule has 0 radical (unpaired) electrons. The summed E-state index contributed by atoms with van der Waals surface area (Å²) in [5.74, 6) is -0.408. The fourth-order valence-electron chi connectivity index (χ4n) is 2.81. The fourth-order valence-corrected chi connectivity index (χ4v) is 2.81. The van der Waals surface area contributed by atoms with E-state index >= 15 is 0 Å². The lowest BCUT2D eigenvalue weighted by Crippen LogP contribution is -2.15. The van der Waals surface area contributed by atoms with E-state index in [1.807, 2.05) is 0 Å². The van der Waals surface area contributed by atoms with Gasteiger partial charge in [0.2, 0.25) is 0 Å². The Hall–Kier alpha value is -1.15. The Morgan fingerprint density at radius 2 is 0.718 bits per heavy atom. The highest BCUT2D eigenvalue weighted by Gasteiger charge is 2.02. The molecule has 0 unspecified atom stereocenters. The van der Waals surface area contributed by atoms with Gasteiger partial charge in [0.1, 0.15) is 6.61 Å². The summed E-state index contributed by atoms with van der Waals surface area (Å²) in [5.41, 5.74) is 0.374. The lowest BCUT2D eigenvalue weighted by molar-refractivity contribution is -0.140. The average Bonchev–Trinajstić information content (AvgIpc) is 2.93. The van der Waals surface area contributed by atoms with Crippen molar-refractivity contribution >= 4 is 5.97 Å². The van der Waals surface area contributed by atoms with Crippen molar-refractivity contribution in [1.29, 1.82) is 0 Å². The Labute approximate surface area is 235 Å². The summed E-state index contributed by atoms with van der Waals surface area (Å²) >= 11 is 0. The predicted molar refractivity (Wildman–Crippen MR) is 147 cm³/mol. The second-order valence-electron chi connectivity index (χ2n) is 8.49. The largest absolute Gasteiger partial charge is 0.460 e. The number of rotatable bonds is 33. The van der Waals surface area contributed by atoms with Crippen LogP contribution in [-0.2, 0) is 52.2 Å². The highest BCUT2D eigenvalue weighted by Crippen LogP contribution is 1.98. The Balaban J connectivity index is 3.06. The number of hydrogen-bond acceptors (Lipinski definition) is 11. The molecule has 232 valence electrons. The molecule has 0 atom stereocenters. The van der Waals surface area contributed by atoms with Gasteiger partial charge in [-0.1, -0.05) is 32.8 Å². The minimum atomic E-state index is -0.408. The first-order valence-corrected chi connectivity index (χ1v) is 14.2. The van der Waals surface area contributed by atoms with Crippen molar-refractivity contribution in [2.24, 2.45) is 0 Å². The van der Waals surface area contributed by atoms with Gasteiger partial charge < -0.3 is 47.4 Å². The van der Waals surface area contributed by atoms with Crippen LogP contribution in [0.25, 0.3) is 0 Å². The van der Waals surface area contributed by atoms with E-state index in [0.29, 0.717) is 118 Å². The molecule has 39 heavy (non-hydrogen) atoms. The van der Waals surface area contributed by atoms with E-state index in [-0.39, 0.29) is 6.61 Å². The molecule has 0 heterocycles. The van der Waals surface area contributed by atoms with E-state index < -0.39 is 5.97 Å². The van der Waals surface area contributed by atoms with Crippen LogP contribution in [0.3, 0.4) is 0 Å². The molecule has 0 saturated heterocycles. The first kappa shape index (κ1) is 37.9. The van der Waals surface area contributed by atoms with Crippen LogP contribution in [0, 0.1) is 0 Å². The third-order valence-electron chi connectivity index (χ3n) is 4.93. The zero-order valence-corrected chi connectivity index (χ0v) is 24.5. The van der Waals surface area contributed by atoms with Crippen molar-refractivity contribution < 1.29 is 52.2 Å². The van der Waals surface area contributed by atoms with Crippen molar-refractivity contribution in [3.63, 3.8) is 0 Å². The van der Waals surface area contributed by atoms with Crippen LogP contribution in [0.15, 0.2) is 12.2 Å². The molecule has 0 aromatic heterocycles. The number of hydrogen-bond donors (Lipinski definition) is 0. The molecule has 0 aliphatic carbocycles. The number of unbranched alkanes of at least 4 members (excludes halogenated alkanes) is 3. The van der Waals surface area contributed by atoms with Gasteiger partial charge in [-0.3, -0.25) is 0 Å². The van der Waals surface area contributed by atoms with Crippen LogP contribution in [0.1, 0.15) is 39.5 Å². The monoisotopic (exact) mass is 566 g/mol. The third kappa shape index (κ3) is 33.0. The van der Waals surface area contributed by atoms with Crippen LogP contribution in [0.2, 0.25) is 0 Å². The van der Waals surface area contributed by atoms with Gasteiger partial charge in [-0.25, -0.2) is 4.79 Å². The SMILES string of the molecule is C=C(C)C(=O)OCCOCCOCCOCCOCCOCCOCCOCCOCCOCCCCCC. The first-order chi connectivity index (χ1) is 19.2. The van der Waals surface area contributed by atoms with Gasteiger partial charge in [0.25, 0.3) is 0 Å². The molecule has 0 aromatic carbocycles. The van der Waals surface area contributed by atoms with Gasteiger partial charge in [0.05, 0.1) is 112 Å². The molecule has 0 saturated carbocycles. The summed E-state index contributed by atoms with van der Waals surface area (Å²) in [6.45, 7) is 17.0. The molecule has 0 amide bonds. The molecule has 0 aliphatic heterocycles. The zero-order chi connectivity index (χ0) is 28.5. The lowest BCUT2D eigenvalue weighted by atomic mass is 10.2. The van der Waals surface area contributed by atoms with Crippen molar-refractivity contribution in [3.8, 4) is 0 Å². The lowest BCUT2D eigenvalue weighted by Gasteiger charge is -2.09. The maximum absolute atomic E-state index is 11.2. The topological polar surface area (TPSA) is 109 Å². The minimum absolute atomic E-state index is 0.205. The second-order valence-corrected chi connectivity index (χ2v) is 8.49. The van der Waals surface area contributed by atoms with Gasteiger partial charge >= 0.3 is 5.97 Å². The van der Waals surface area contributed by atoms with Gasteiger partial charge in [-0.05, 0) is 13.3 Å². The summed E-state index contributed by atoms with van der Waals surface area (Å²) in [4.78, 5) is 11.2. The van der Waals surface area contributed by atoms with Crippen LogP contribution in [0.5, 0.6) is 0 Å². The zero-order valence-electron chi connectivity index (χ0n) is 24.5. The van der Waals surface area contributed by atoms with E-state index in [1.54, 1.807) is 6.92 Å². The Morgan fingerprint density at radius 3 is 1.00 bits per heavy atom. The van der Waals surface area contributed by atoms with Crippen LogP contribution >= 0.6 is 0 Å². The third-order valence-corrected chi connectivity index (χ3v) is 4.93. The standard InChI is InChI=1S/C28H54O11/c1-4-5-6-7-8-30-9-10-31-11-12-32-13-14-33-15-16-34-17-18-35-19-20-36-21-22-37-23-24-38-25-26-39-28(29)27(2)3/h2,4-26H2,1,3H3. The molecular weight excluding hydrogens is 512 g/mol. The van der Waals surface area contributed by atoms with E-state index in [2.05, 4.69) is 13.5 Å². The van der Waals surface area contributed by atoms with Crippen LogP contribution < -0.4 is 0 Å². The van der Waals surface area contributed by atoms with Gasteiger partial charge in [0.15, 0.2) is 0 Å². The van der Waals surface area contributed by atoms with E-state index in [4.69, 9.17) is 47.4 Å². The maximum Gasteiger partial charge on any atom is 0.333 e. The molecule has 0 aliphatic rings. The Morgan fingerprint density at radius 1 is 0.436 bits per heavy atom. The molecule has 0 bridgehead atoms. The normalized spacial score (nSPS) is 11.2. The summed E-state index contributed by atoms with van der Waals surface area (Å²) < 4.78 is 53.8. The van der Waals surface area contributed by atoms with Crippen molar-refractivity contribution in [1.82, 2.24) is 0 Å². The van der Waals surface area contributed by atoms with Crippen molar-refractivity contribution in [2.45, 2.75) is 39.5 Å². The number of carbonyl (C=O) groups is 1. The first-order valence-electron chi connectivity index (χ1n) is 14.2. The van der Waals surface area contributed by atoms with E-state index in [9.17, 15) is 4.79 Å². The summed E-state index contributed by atoms with van der Waals surface area (Å²) in [5, 5.41) is 0. The molecule has 0 fully saturated rings. The number of ether oxygens (including phenoxy) is 10. The van der Waals surface area contributed by atoms with Crippen molar-refractivity contribution in [2.75, 3.05) is 126 Å². The molecular formula is C28H54O11. The van der Waals surface area contributed by atoms with E-state index in [0.717, 1.165) is 13.0 Å². The van der Waals surface area contributed by atoms with E-state index in [1.165, 1.54) is 19.3 Å². The minimum Gasteiger partial charge on any atom is -0.460 e. The van der Waals surface area contributed by atoms with Gasteiger partial charge in [0, 0.05) is 12.2 Å². The summed E-state index contributed by atoms with van der Waals surface area (Å²) in [6, 6.07) is 0. The molecule has 0 N–H and O–H groups in total. The highest BCUT2D eigenvalue weighted by molar-refractivity contribution is 5.86. The molecule has 0 spiro atoms. The molecule has 0 aromatic rings. The van der Waals surface area contributed by atoms with Gasteiger partial charge in [-0.2, -0.15) is 0 Å². The smallest absolute Gasteiger partial charge is 0.333 e. The fraction of sp³-hybridized carbons (Fsp3) is 0.893. The number of carbonyl (C=O) groups excluding carboxylic acids is 1. The average molecular weight is 567 g/mol. The molecule has 11 heteroatoms. The Bertz CT molecular complexity index is 520. The summed E-state index contributed by atoms with van der Waals surface area (Å²) in [7, 11) is 0. The highest BCUT2D eigenvalue weighted by atomic mass is 16.6. The van der Waals surface area contributed by atoms with Gasteiger partial charge in [-0.15, -0.1) is 0 Å². The predicted octanol–water partition coefficient (Wildman–Crippen LogP) is 2.84. The quantitative estimate of drug-likeness (QED) is 0.0664. The molecule has 0 rings (SSSR count). The maximum atomic E-state index is 11.2.